The van der Waals surface area contributed by atoms with Crippen LogP contribution in [0, 0.1) is 17.3 Å². The molecule has 2 rings (SSSR count). The van der Waals surface area contributed by atoms with Gasteiger partial charge in [-0.05, 0) is 61.8 Å². The average molecular weight is 295 g/mol. The number of fused-ring (bicyclic) bond motifs is 1. The van der Waals surface area contributed by atoms with E-state index in [1.54, 1.807) is 11.1 Å². The smallest absolute Gasteiger partial charge is 0.0482 e. The number of hydrogen-bond donors (Lipinski definition) is 1. The third-order valence-corrected chi connectivity index (χ3v) is 9.44. The Kier molecular flexibility index (Phi) is 4.56. The van der Waals surface area contributed by atoms with Crippen LogP contribution >= 0.6 is 0 Å². The van der Waals surface area contributed by atoms with E-state index in [-0.39, 0.29) is 0 Å². The van der Waals surface area contributed by atoms with Crippen molar-refractivity contribution in [3.05, 3.63) is 11.1 Å². The molecule has 1 N–H and O–H groups in total. The summed E-state index contributed by atoms with van der Waals surface area (Å²) in [5, 5.41) is 9.49. The minimum atomic E-state index is -1.11. The Labute approximate surface area is 126 Å². The molecule has 20 heavy (non-hydrogen) atoms. The Morgan fingerprint density at radius 3 is 2.50 bits per heavy atom. The van der Waals surface area contributed by atoms with Crippen LogP contribution in [0.1, 0.15) is 52.9 Å². The second-order valence-electron chi connectivity index (χ2n) is 8.80. The fourth-order valence-electron chi connectivity index (χ4n) is 5.13. The summed E-state index contributed by atoms with van der Waals surface area (Å²) in [6.07, 6.45) is 6.66. The largest absolute Gasteiger partial charge is 0.396 e. The van der Waals surface area contributed by atoms with E-state index in [1.807, 2.05) is 0 Å². The van der Waals surface area contributed by atoms with Crippen molar-refractivity contribution in [1.82, 2.24) is 0 Å². The summed E-state index contributed by atoms with van der Waals surface area (Å²) < 4.78 is 0. The van der Waals surface area contributed by atoms with Crippen LogP contribution in [0.4, 0.5) is 0 Å². The molecule has 2 aliphatic carbocycles. The molecule has 1 fully saturated rings. The summed E-state index contributed by atoms with van der Waals surface area (Å²) in [6.45, 7) is 15.2. The van der Waals surface area contributed by atoms with Crippen molar-refractivity contribution < 1.29 is 5.11 Å². The first-order chi connectivity index (χ1) is 9.20. The zero-order valence-electron chi connectivity index (χ0n) is 14.4. The first-order valence-electron chi connectivity index (χ1n) is 8.50. The lowest BCUT2D eigenvalue weighted by Crippen LogP contribution is -2.45. The Bertz CT molecular complexity index is 393. The highest BCUT2D eigenvalue weighted by molar-refractivity contribution is 6.77. The standard InChI is InChI=1S/C18H34OSi/c1-13-7-8-17(20(4,5)6)18(3)10-9-15(11-16(13)18)14(2)12-19/h14-15,17,19H,7-12H2,1-6H3/t14-,15-,17+,18-/m1/s1. The summed E-state index contributed by atoms with van der Waals surface area (Å²) in [5.41, 5.74) is 4.88. The molecule has 1 saturated carbocycles. The molecule has 0 aromatic heterocycles. The van der Waals surface area contributed by atoms with Gasteiger partial charge in [-0.25, -0.2) is 0 Å². The first-order valence-corrected chi connectivity index (χ1v) is 12.1. The molecule has 116 valence electrons. The van der Waals surface area contributed by atoms with Gasteiger partial charge in [-0.2, -0.15) is 0 Å². The van der Waals surface area contributed by atoms with Crippen LogP contribution in [0.15, 0.2) is 11.1 Å². The predicted octanol–water partition coefficient (Wildman–Crippen LogP) is 5.24. The van der Waals surface area contributed by atoms with Gasteiger partial charge in [0, 0.05) is 14.7 Å². The Balaban J connectivity index is 2.31. The number of aliphatic hydroxyl groups excluding tert-OH is 1. The quantitative estimate of drug-likeness (QED) is 0.557. The lowest BCUT2D eigenvalue weighted by atomic mass is 9.60. The second-order valence-corrected chi connectivity index (χ2v) is 14.2. The van der Waals surface area contributed by atoms with Gasteiger partial charge >= 0.3 is 0 Å². The molecule has 0 bridgehead atoms. The van der Waals surface area contributed by atoms with Crippen molar-refractivity contribution in [2.45, 2.75) is 78.1 Å². The van der Waals surface area contributed by atoms with E-state index in [1.165, 1.54) is 32.1 Å². The zero-order chi connectivity index (χ0) is 15.1. The maximum atomic E-state index is 9.49. The summed E-state index contributed by atoms with van der Waals surface area (Å²) >= 11 is 0. The van der Waals surface area contributed by atoms with Gasteiger partial charge in [0.05, 0.1) is 0 Å². The van der Waals surface area contributed by atoms with Crippen molar-refractivity contribution in [3.8, 4) is 0 Å². The fourth-order valence-corrected chi connectivity index (χ4v) is 8.37. The highest BCUT2D eigenvalue weighted by atomic mass is 28.3. The minimum Gasteiger partial charge on any atom is -0.396 e. The van der Waals surface area contributed by atoms with Gasteiger partial charge in [0.15, 0.2) is 0 Å². The predicted molar refractivity (Wildman–Crippen MR) is 90.7 cm³/mol. The molecule has 0 heterocycles. The second kappa shape index (κ2) is 5.60. The lowest BCUT2D eigenvalue weighted by Gasteiger charge is -2.53. The molecule has 0 aromatic carbocycles. The van der Waals surface area contributed by atoms with E-state index in [0.29, 0.717) is 23.9 Å². The highest BCUT2D eigenvalue weighted by Gasteiger charge is 2.49. The molecule has 0 aliphatic heterocycles. The van der Waals surface area contributed by atoms with Crippen LogP contribution in [0.5, 0.6) is 0 Å². The van der Waals surface area contributed by atoms with E-state index in [4.69, 9.17) is 0 Å². The van der Waals surface area contributed by atoms with E-state index in [9.17, 15) is 5.11 Å². The van der Waals surface area contributed by atoms with Crippen LogP contribution < -0.4 is 0 Å². The monoisotopic (exact) mass is 294 g/mol. The highest BCUT2D eigenvalue weighted by Crippen LogP contribution is 2.60. The molecule has 0 saturated heterocycles. The first kappa shape index (κ1) is 16.3. The number of rotatable bonds is 3. The Morgan fingerprint density at radius 2 is 1.95 bits per heavy atom. The van der Waals surface area contributed by atoms with Gasteiger partial charge in [-0.15, -0.1) is 0 Å². The van der Waals surface area contributed by atoms with Gasteiger partial charge in [0.2, 0.25) is 0 Å². The third kappa shape index (κ3) is 2.78. The maximum absolute atomic E-state index is 9.49. The molecular formula is C18H34OSi. The van der Waals surface area contributed by atoms with Crippen LogP contribution in [0.2, 0.25) is 25.2 Å². The average Bonchev–Trinajstić information content (AvgIpc) is 2.36. The topological polar surface area (TPSA) is 20.2 Å². The van der Waals surface area contributed by atoms with E-state index in [0.717, 1.165) is 5.54 Å². The number of hydrogen-bond acceptors (Lipinski definition) is 1. The van der Waals surface area contributed by atoms with Crippen LogP contribution in [0.3, 0.4) is 0 Å². The van der Waals surface area contributed by atoms with Gasteiger partial charge in [-0.3, -0.25) is 0 Å². The summed E-state index contributed by atoms with van der Waals surface area (Å²) in [7, 11) is -1.11. The maximum Gasteiger partial charge on any atom is 0.0482 e. The molecule has 0 unspecified atom stereocenters. The Hall–Kier alpha value is -0.0831. The summed E-state index contributed by atoms with van der Waals surface area (Å²) in [6, 6.07) is 0. The van der Waals surface area contributed by atoms with Crippen LogP contribution in [-0.4, -0.2) is 19.8 Å². The molecule has 4 atom stereocenters. The number of allylic oxidation sites excluding steroid dienone is 2. The summed E-state index contributed by atoms with van der Waals surface area (Å²) in [5.74, 6) is 1.17. The molecule has 0 spiro atoms. The van der Waals surface area contributed by atoms with E-state index >= 15 is 0 Å². The van der Waals surface area contributed by atoms with E-state index < -0.39 is 8.07 Å². The molecule has 0 radical (unpaired) electrons. The lowest BCUT2D eigenvalue weighted by molar-refractivity contribution is 0.133. The van der Waals surface area contributed by atoms with Gasteiger partial charge < -0.3 is 5.11 Å². The van der Waals surface area contributed by atoms with Gasteiger partial charge in [0.25, 0.3) is 0 Å². The van der Waals surface area contributed by atoms with Crippen LogP contribution in [-0.2, 0) is 0 Å². The van der Waals surface area contributed by atoms with Crippen molar-refractivity contribution >= 4 is 8.07 Å². The number of aliphatic hydroxyl groups is 1. The third-order valence-electron chi connectivity index (χ3n) is 6.42. The normalized spacial score (nSPS) is 36.8. The Morgan fingerprint density at radius 1 is 1.30 bits per heavy atom. The van der Waals surface area contributed by atoms with Crippen molar-refractivity contribution in [2.24, 2.45) is 17.3 Å². The fraction of sp³-hybridized carbons (Fsp3) is 0.889. The van der Waals surface area contributed by atoms with Crippen molar-refractivity contribution in [1.29, 1.82) is 0 Å². The minimum absolute atomic E-state index is 0.352. The molecule has 0 amide bonds. The van der Waals surface area contributed by atoms with Crippen molar-refractivity contribution in [3.63, 3.8) is 0 Å². The van der Waals surface area contributed by atoms with E-state index in [2.05, 4.69) is 40.4 Å². The molecule has 2 aliphatic rings. The van der Waals surface area contributed by atoms with Gasteiger partial charge in [0.1, 0.15) is 0 Å². The molecule has 1 nitrogen and oxygen atoms in total. The SMILES string of the molecule is CC1=C2C[C@H]([C@H](C)CO)CC[C@@]2(C)[C@@H]([Si](C)(C)C)CC1. The molecular weight excluding hydrogens is 260 g/mol. The zero-order valence-corrected chi connectivity index (χ0v) is 15.4. The van der Waals surface area contributed by atoms with Gasteiger partial charge in [-0.1, -0.05) is 44.6 Å². The summed E-state index contributed by atoms with van der Waals surface area (Å²) in [4.78, 5) is 0. The van der Waals surface area contributed by atoms with Crippen molar-refractivity contribution in [2.75, 3.05) is 6.61 Å². The van der Waals surface area contributed by atoms with Crippen LogP contribution in [0.25, 0.3) is 0 Å². The molecule has 0 aromatic rings. The molecule has 2 heteroatoms.